The molecule has 1 saturated heterocycles. The number of esters is 1. The average Bonchev–Trinajstić information content (AvgIpc) is 2.61. The van der Waals surface area contributed by atoms with Crippen molar-refractivity contribution in [3.63, 3.8) is 0 Å². The molecule has 1 amide bonds. The first-order chi connectivity index (χ1) is 11.0. The number of hydrogen-bond donors (Lipinski definition) is 1. The first-order valence-corrected chi connectivity index (χ1v) is 7.94. The summed E-state index contributed by atoms with van der Waals surface area (Å²) in [5.74, 6) is -0.148. The second-order valence-corrected chi connectivity index (χ2v) is 5.86. The molecule has 6 heteroatoms. The third-order valence-electron chi connectivity index (χ3n) is 4.35. The molecule has 6 nitrogen and oxygen atoms in total. The maximum Gasteiger partial charge on any atom is 0.307 e. The van der Waals surface area contributed by atoms with Gasteiger partial charge in [-0.25, -0.2) is 0 Å². The van der Waals surface area contributed by atoms with Gasteiger partial charge in [0.2, 0.25) is 0 Å². The molecule has 2 rings (SSSR count). The standard InChI is InChI=1S/C17H25N3O3/c1-13(11-16(21)23-2)19-7-9-20(10-8-19)17(22)15-5-3-14(12-18)4-6-15/h3-6,13H,7-12,18H2,1-2H3. The predicted molar refractivity (Wildman–Crippen MR) is 87.9 cm³/mol. The Balaban J connectivity index is 1.88. The number of amides is 1. The predicted octanol–water partition coefficient (Wildman–Crippen LogP) is 0.855. The molecule has 1 fully saturated rings. The lowest BCUT2D eigenvalue weighted by molar-refractivity contribution is -0.142. The highest BCUT2D eigenvalue weighted by Gasteiger charge is 2.25. The molecule has 0 bridgehead atoms. The summed E-state index contributed by atoms with van der Waals surface area (Å²) in [4.78, 5) is 27.9. The third-order valence-corrected chi connectivity index (χ3v) is 4.35. The maximum absolute atomic E-state index is 12.5. The summed E-state index contributed by atoms with van der Waals surface area (Å²) in [6, 6.07) is 7.57. The number of benzene rings is 1. The van der Waals surface area contributed by atoms with Crippen LogP contribution in [0, 0.1) is 0 Å². The minimum atomic E-state index is -0.198. The van der Waals surface area contributed by atoms with Crippen LogP contribution in [0.4, 0.5) is 0 Å². The van der Waals surface area contributed by atoms with E-state index >= 15 is 0 Å². The monoisotopic (exact) mass is 319 g/mol. The van der Waals surface area contributed by atoms with E-state index in [1.807, 2.05) is 36.1 Å². The van der Waals surface area contributed by atoms with E-state index in [4.69, 9.17) is 10.5 Å². The Morgan fingerprint density at radius 1 is 1.17 bits per heavy atom. The van der Waals surface area contributed by atoms with Crippen molar-refractivity contribution in [3.05, 3.63) is 35.4 Å². The number of methoxy groups -OCH3 is 1. The molecule has 23 heavy (non-hydrogen) atoms. The van der Waals surface area contributed by atoms with Crippen LogP contribution >= 0.6 is 0 Å². The second kappa shape index (κ2) is 8.08. The van der Waals surface area contributed by atoms with Crippen LogP contribution in [0.3, 0.4) is 0 Å². The fourth-order valence-electron chi connectivity index (χ4n) is 2.79. The number of rotatable bonds is 5. The maximum atomic E-state index is 12.5. The Labute approximate surface area is 137 Å². The fourth-order valence-corrected chi connectivity index (χ4v) is 2.79. The van der Waals surface area contributed by atoms with Crippen molar-refractivity contribution in [2.24, 2.45) is 5.73 Å². The summed E-state index contributed by atoms with van der Waals surface area (Å²) in [5.41, 5.74) is 7.28. The van der Waals surface area contributed by atoms with Crippen molar-refractivity contribution >= 4 is 11.9 Å². The number of hydrogen-bond acceptors (Lipinski definition) is 5. The third kappa shape index (κ3) is 4.53. The highest BCUT2D eigenvalue weighted by Crippen LogP contribution is 2.13. The fraction of sp³-hybridized carbons (Fsp3) is 0.529. The minimum absolute atomic E-state index is 0.0499. The van der Waals surface area contributed by atoms with Crippen molar-refractivity contribution in [2.75, 3.05) is 33.3 Å². The highest BCUT2D eigenvalue weighted by molar-refractivity contribution is 5.94. The van der Waals surface area contributed by atoms with E-state index in [0.717, 1.165) is 18.7 Å². The van der Waals surface area contributed by atoms with Gasteiger partial charge in [0.25, 0.3) is 5.91 Å². The average molecular weight is 319 g/mol. The summed E-state index contributed by atoms with van der Waals surface area (Å²) in [5, 5.41) is 0. The van der Waals surface area contributed by atoms with Gasteiger partial charge in [-0.05, 0) is 24.6 Å². The molecule has 1 unspecified atom stereocenters. The van der Waals surface area contributed by atoms with Crippen LogP contribution in [-0.2, 0) is 16.1 Å². The van der Waals surface area contributed by atoms with Gasteiger partial charge in [0, 0.05) is 44.3 Å². The van der Waals surface area contributed by atoms with Gasteiger partial charge in [-0.15, -0.1) is 0 Å². The number of nitrogens with zero attached hydrogens (tertiary/aromatic N) is 2. The van der Waals surface area contributed by atoms with Gasteiger partial charge in [-0.3, -0.25) is 14.5 Å². The van der Waals surface area contributed by atoms with Gasteiger partial charge in [-0.1, -0.05) is 12.1 Å². The largest absolute Gasteiger partial charge is 0.469 e. The number of nitrogens with two attached hydrogens (primary N) is 1. The first-order valence-electron chi connectivity index (χ1n) is 7.94. The SMILES string of the molecule is COC(=O)CC(C)N1CCN(C(=O)c2ccc(CN)cc2)CC1. The van der Waals surface area contributed by atoms with Crippen LogP contribution < -0.4 is 5.73 Å². The summed E-state index contributed by atoms with van der Waals surface area (Å²) in [7, 11) is 1.40. The Morgan fingerprint density at radius 3 is 2.30 bits per heavy atom. The molecule has 1 aromatic rings. The van der Waals surface area contributed by atoms with Crippen LogP contribution in [0.1, 0.15) is 29.3 Å². The number of piperazine rings is 1. The van der Waals surface area contributed by atoms with Gasteiger partial charge in [0.1, 0.15) is 0 Å². The number of carbonyl (C=O) groups is 2. The molecule has 1 aromatic carbocycles. The molecular weight excluding hydrogens is 294 g/mol. The lowest BCUT2D eigenvalue weighted by Crippen LogP contribution is -2.51. The lowest BCUT2D eigenvalue weighted by Gasteiger charge is -2.37. The second-order valence-electron chi connectivity index (χ2n) is 5.86. The molecule has 0 aliphatic carbocycles. The van der Waals surface area contributed by atoms with E-state index in [1.54, 1.807) is 0 Å². The van der Waals surface area contributed by atoms with Crippen molar-refractivity contribution in [1.82, 2.24) is 9.80 Å². The molecule has 0 aromatic heterocycles. The molecule has 0 saturated carbocycles. The smallest absolute Gasteiger partial charge is 0.307 e. The summed E-state index contributed by atoms with van der Waals surface area (Å²) < 4.78 is 4.71. The summed E-state index contributed by atoms with van der Waals surface area (Å²) in [6.07, 6.45) is 0.380. The van der Waals surface area contributed by atoms with E-state index in [1.165, 1.54) is 7.11 Å². The quantitative estimate of drug-likeness (QED) is 0.815. The van der Waals surface area contributed by atoms with Crippen LogP contribution in [-0.4, -0.2) is 61.0 Å². The van der Waals surface area contributed by atoms with Gasteiger partial charge in [0.05, 0.1) is 13.5 Å². The molecule has 1 atom stereocenters. The van der Waals surface area contributed by atoms with Crippen LogP contribution in [0.2, 0.25) is 0 Å². The Bertz CT molecular complexity index is 537. The van der Waals surface area contributed by atoms with E-state index in [0.29, 0.717) is 31.6 Å². The Morgan fingerprint density at radius 2 is 1.78 bits per heavy atom. The van der Waals surface area contributed by atoms with Crippen molar-refractivity contribution in [2.45, 2.75) is 25.9 Å². The normalized spacial score (nSPS) is 16.9. The van der Waals surface area contributed by atoms with Crippen LogP contribution in [0.5, 0.6) is 0 Å². The Hall–Kier alpha value is -1.92. The van der Waals surface area contributed by atoms with Crippen molar-refractivity contribution in [1.29, 1.82) is 0 Å². The van der Waals surface area contributed by atoms with Crippen molar-refractivity contribution < 1.29 is 14.3 Å². The molecule has 0 spiro atoms. The van der Waals surface area contributed by atoms with Crippen molar-refractivity contribution in [3.8, 4) is 0 Å². The summed E-state index contributed by atoms with van der Waals surface area (Å²) >= 11 is 0. The molecule has 1 aliphatic heterocycles. The first kappa shape index (κ1) is 17.4. The van der Waals surface area contributed by atoms with E-state index < -0.39 is 0 Å². The van der Waals surface area contributed by atoms with Gasteiger partial charge < -0.3 is 15.4 Å². The topological polar surface area (TPSA) is 75.9 Å². The number of carbonyl (C=O) groups excluding carboxylic acids is 2. The van der Waals surface area contributed by atoms with E-state index in [9.17, 15) is 9.59 Å². The molecular formula is C17H25N3O3. The van der Waals surface area contributed by atoms with E-state index in [-0.39, 0.29) is 17.9 Å². The molecule has 1 aliphatic rings. The molecule has 2 N–H and O–H groups in total. The van der Waals surface area contributed by atoms with Gasteiger partial charge in [-0.2, -0.15) is 0 Å². The zero-order valence-corrected chi connectivity index (χ0v) is 13.8. The van der Waals surface area contributed by atoms with Crippen LogP contribution in [0.15, 0.2) is 24.3 Å². The zero-order chi connectivity index (χ0) is 16.8. The Kier molecular flexibility index (Phi) is 6.12. The number of ether oxygens (including phenoxy) is 1. The lowest BCUT2D eigenvalue weighted by atomic mass is 10.1. The highest BCUT2D eigenvalue weighted by atomic mass is 16.5. The van der Waals surface area contributed by atoms with Gasteiger partial charge in [0.15, 0.2) is 0 Å². The molecule has 0 radical (unpaired) electrons. The summed E-state index contributed by atoms with van der Waals surface area (Å²) in [6.45, 7) is 5.37. The van der Waals surface area contributed by atoms with Crippen LogP contribution in [0.25, 0.3) is 0 Å². The molecule has 126 valence electrons. The van der Waals surface area contributed by atoms with E-state index in [2.05, 4.69) is 4.90 Å². The minimum Gasteiger partial charge on any atom is -0.469 e. The molecule has 1 heterocycles. The van der Waals surface area contributed by atoms with Gasteiger partial charge >= 0.3 is 5.97 Å². The zero-order valence-electron chi connectivity index (χ0n) is 13.8.